The lowest BCUT2D eigenvalue weighted by atomic mass is 10.2. The van der Waals surface area contributed by atoms with Crippen molar-refractivity contribution in [1.82, 2.24) is 4.98 Å². The first-order valence-corrected chi connectivity index (χ1v) is 5.48. The number of anilines is 1. The molecule has 2 aromatic rings. The molecule has 1 aromatic heterocycles. The lowest BCUT2D eigenvalue weighted by Gasteiger charge is -2.07. The Balaban J connectivity index is 2.12. The summed E-state index contributed by atoms with van der Waals surface area (Å²) in [5.41, 5.74) is 3.17. The summed E-state index contributed by atoms with van der Waals surface area (Å²) in [5.74, 6) is 5.98. The number of rotatable bonds is 5. The molecule has 1 heterocycles. The molecule has 0 spiro atoms. The van der Waals surface area contributed by atoms with Gasteiger partial charge in [-0.2, -0.15) is 0 Å². The number of nitro benzene ring substituents is 1. The normalized spacial score (nSPS) is 9.95. The van der Waals surface area contributed by atoms with Crippen LogP contribution in [0.1, 0.15) is 5.56 Å². The van der Waals surface area contributed by atoms with Gasteiger partial charge in [-0.3, -0.25) is 10.1 Å². The maximum absolute atomic E-state index is 10.8. The number of hydrogen-bond acceptors (Lipinski definition) is 6. The van der Waals surface area contributed by atoms with Gasteiger partial charge in [-0.05, 0) is 23.8 Å². The van der Waals surface area contributed by atoms with Crippen LogP contribution in [0.5, 0.6) is 5.75 Å². The Bertz CT molecular complexity index is 589. The Morgan fingerprint density at radius 3 is 2.89 bits per heavy atom. The van der Waals surface area contributed by atoms with Crippen LogP contribution >= 0.6 is 0 Å². The van der Waals surface area contributed by atoms with E-state index in [1.54, 1.807) is 36.5 Å². The van der Waals surface area contributed by atoms with Crippen LogP contribution in [0.15, 0.2) is 42.6 Å². The van der Waals surface area contributed by atoms with Crippen molar-refractivity contribution in [3.63, 3.8) is 0 Å². The predicted octanol–water partition coefficient (Wildman–Crippen LogP) is 1.85. The molecule has 0 saturated heterocycles. The molecule has 0 aliphatic rings. The smallest absolute Gasteiger partial charge is 0.310 e. The van der Waals surface area contributed by atoms with E-state index >= 15 is 0 Å². The number of pyridine rings is 1. The Morgan fingerprint density at radius 2 is 2.16 bits per heavy atom. The zero-order valence-corrected chi connectivity index (χ0v) is 9.95. The average Bonchev–Trinajstić information content (AvgIpc) is 2.45. The maximum Gasteiger partial charge on any atom is 0.310 e. The van der Waals surface area contributed by atoms with Gasteiger partial charge < -0.3 is 10.2 Å². The van der Waals surface area contributed by atoms with Crippen LogP contribution < -0.4 is 16.0 Å². The zero-order chi connectivity index (χ0) is 13.7. The van der Waals surface area contributed by atoms with E-state index in [-0.39, 0.29) is 18.0 Å². The monoisotopic (exact) mass is 260 g/mol. The average molecular weight is 260 g/mol. The van der Waals surface area contributed by atoms with Gasteiger partial charge in [-0.25, -0.2) is 10.8 Å². The number of nitrogens with one attached hydrogen (secondary N) is 1. The summed E-state index contributed by atoms with van der Waals surface area (Å²) in [6.45, 7) is 0.196. The summed E-state index contributed by atoms with van der Waals surface area (Å²) in [6, 6.07) is 9.68. The summed E-state index contributed by atoms with van der Waals surface area (Å²) in [5, 5.41) is 10.8. The quantitative estimate of drug-likeness (QED) is 0.483. The van der Waals surface area contributed by atoms with E-state index in [1.807, 2.05) is 0 Å². The number of nitro groups is 1. The standard InChI is InChI=1S/C12H12N4O3/c13-15-12-7-9(5-6-14-12)8-19-11-4-2-1-3-10(11)16(17)18/h1-7H,8,13H2,(H,14,15). The topological polar surface area (TPSA) is 103 Å². The number of nitrogens with zero attached hydrogens (tertiary/aromatic N) is 2. The fourth-order valence-electron chi connectivity index (χ4n) is 1.53. The van der Waals surface area contributed by atoms with E-state index in [4.69, 9.17) is 10.6 Å². The van der Waals surface area contributed by atoms with Crippen molar-refractivity contribution in [1.29, 1.82) is 0 Å². The molecule has 7 heteroatoms. The van der Waals surface area contributed by atoms with E-state index < -0.39 is 4.92 Å². The van der Waals surface area contributed by atoms with Crippen LogP contribution in [0.25, 0.3) is 0 Å². The molecule has 0 aliphatic heterocycles. The highest BCUT2D eigenvalue weighted by Crippen LogP contribution is 2.26. The molecule has 0 saturated carbocycles. The highest BCUT2D eigenvalue weighted by molar-refractivity contribution is 5.46. The number of nitrogens with two attached hydrogens (primary N) is 1. The van der Waals surface area contributed by atoms with Gasteiger partial charge in [-0.15, -0.1) is 0 Å². The lowest BCUT2D eigenvalue weighted by Crippen LogP contribution is -2.09. The molecule has 0 fully saturated rings. The van der Waals surface area contributed by atoms with Crippen molar-refractivity contribution in [2.24, 2.45) is 5.84 Å². The van der Waals surface area contributed by atoms with Crippen molar-refractivity contribution in [2.45, 2.75) is 6.61 Å². The van der Waals surface area contributed by atoms with Gasteiger partial charge in [-0.1, -0.05) is 12.1 Å². The number of para-hydroxylation sites is 2. The Hall–Kier alpha value is -2.67. The van der Waals surface area contributed by atoms with Gasteiger partial charge in [0.15, 0.2) is 5.75 Å². The van der Waals surface area contributed by atoms with Crippen molar-refractivity contribution < 1.29 is 9.66 Å². The van der Waals surface area contributed by atoms with E-state index in [0.29, 0.717) is 5.82 Å². The fourth-order valence-corrected chi connectivity index (χ4v) is 1.53. The van der Waals surface area contributed by atoms with Gasteiger partial charge in [0.05, 0.1) is 4.92 Å². The van der Waals surface area contributed by atoms with Crippen molar-refractivity contribution in [3.05, 3.63) is 58.3 Å². The number of hydrogen-bond donors (Lipinski definition) is 2. The van der Waals surface area contributed by atoms with Crippen LogP contribution in [0.2, 0.25) is 0 Å². The minimum atomic E-state index is -0.477. The number of hydrazine groups is 1. The predicted molar refractivity (Wildman–Crippen MR) is 69.5 cm³/mol. The van der Waals surface area contributed by atoms with Crippen LogP contribution in [-0.4, -0.2) is 9.91 Å². The van der Waals surface area contributed by atoms with Crippen LogP contribution in [-0.2, 0) is 6.61 Å². The van der Waals surface area contributed by atoms with Gasteiger partial charge in [0.25, 0.3) is 0 Å². The van der Waals surface area contributed by atoms with Crippen LogP contribution in [0, 0.1) is 10.1 Å². The molecular weight excluding hydrogens is 248 g/mol. The van der Waals surface area contributed by atoms with E-state index in [0.717, 1.165) is 5.56 Å². The molecule has 19 heavy (non-hydrogen) atoms. The highest BCUT2D eigenvalue weighted by atomic mass is 16.6. The largest absolute Gasteiger partial charge is 0.482 e. The molecule has 0 aliphatic carbocycles. The number of benzene rings is 1. The van der Waals surface area contributed by atoms with Gasteiger partial charge >= 0.3 is 5.69 Å². The minimum Gasteiger partial charge on any atom is -0.482 e. The molecule has 2 rings (SSSR count). The van der Waals surface area contributed by atoms with E-state index in [9.17, 15) is 10.1 Å². The first kappa shape index (κ1) is 12.8. The van der Waals surface area contributed by atoms with Gasteiger partial charge in [0.1, 0.15) is 12.4 Å². The van der Waals surface area contributed by atoms with Gasteiger partial charge in [0.2, 0.25) is 0 Å². The zero-order valence-electron chi connectivity index (χ0n) is 9.95. The van der Waals surface area contributed by atoms with Crippen LogP contribution in [0.3, 0.4) is 0 Å². The second kappa shape index (κ2) is 5.78. The summed E-state index contributed by atoms with van der Waals surface area (Å²) >= 11 is 0. The number of ether oxygens (including phenoxy) is 1. The third-order valence-electron chi connectivity index (χ3n) is 2.43. The second-order valence-electron chi connectivity index (χ2n) is 3.71. The molecule has 98 valence electrons. The SMILES string of the molecule is NNc1cc(COc2ccccc2[N+](=O)[O-])ccn1. The van der Waals surface area contributed by atoms with Gasteiger partial charge in [0, 0.05) is 12.3 Å². The van der Waals surface area contributed by atoms with Crippen LogP contribution in [0.4, 0.5) is 11.5 Å². The summed E-state index contributed by atoms with van der Waals surface area (Å²) in [6.07, 6.45) is 1.58. The molecule has 1 aromatic carbocycles. The molecule has 0 amide bonds. The van der Waals surface area contributed by atoms with E-state index in [1.165, 1.54) is 6.07 Å². The molecule has 0 bridgehead atoms. The fraction of sp³-hybridized carbons (Fsp3) is 0.0833. The number of nitrogen functional groups attached to an aromatic ring is 1. The Morgan fingerprint density at radius 1 is 1.37 bits per heavy atom. The maximum atomic E-state index is 10.8. The first-order valence-electron chi connectivity index (χ1n) is 5.48. The molecule has 0 radical (unpaired) electrons. The van der Waals surface area contributed by atoms with Crippen molar-refractivity contribution in [2.75, 3.05) is 5.43 Å². The van der Waals surface area contributed by atoms with Crippen molar-refractivity contribution >= 4 is 11.5 Å². The first-order chi connectivity index (χ1) is 9.20. The Labute approximate surface area is 109 Å². The number of aromatic nitrogens is 1. The minimum absolute atomic E-state index is 0.0614. The summed E-state index contributed by atoms with van der Waals surface area (Å²) in [7, 11) is 0. The van der Waals surface area contributed by atoms with E-state index in [2.05, 4.69) is 10.4 Å². The third kappa shape index (κ3) is 3.17. The molecule has 7 nitrogen and oxygen atoms in total. The molecule has 3 N–H and O–H groups in total. The molecule has 0 atom stereocenters. The lowest BCUT2D eigenvalue weighted by molar-refractivity contribution is -0.385. The summed E-state index contributed by atoms with van der Waals surface area (Å²) < 4.78 is 5.45. The third-order valence-corrected chi connectivity index (χ3v) is 2.43. The Kier molecular flexibility index (Phi) is 3.89. The highest BCUT2D eigenvalue weighted by Gasteiger charge is 2.13. The molecular formula is C12H12N4O3. The molecule has 0 unspecified atom stereocenters. The van der Waals surface area contributed by atoms with Crippen molar-refractivity contribution in [3.8, 4) is 5.75 Å². The summed E-state index contributed by atoms with van der Waals surface area (Å²) in [4.78, 5) is 14.3. The second-order valence-corrected chi connectivity index (χ2v) is 3.71.